The van der Waals surface area contributed by atoms with E-state index in [2.05, 4.69) is 17.1 Å². The fourth-order valence-electron chi connectivity index (χ4n) is 1.65. The average Bonchev–Trinajstić information content (AvgIpc) is 2.21. The molecule has 1 amide bonds. The van der Waals surface area contributed by atoms with Gasteiger partial charge in [-0.15, -0.1) is 0 Å². The first-order valence-electron chi connectivity index (χ1n) is 4.92. The van der Waals surface area contributed by atoms with Crippen LogP contribution in [-0.4, -0.2) is 17.4 Å². The van der Waals surface area contributed by atoms with Crippen LogP contribution in [0.4, 0.5) is 0 Å². The standard InChI is InChI=1S/C11H18N2O/c1-6-13-9(4)7(2)11(14)12-8(3)10(13)5/h6H2,1-5H3,(H,12,14). The van der Waals surface area contributed by atoms with Crippen molar-refractivity contribution in [2.45, 2.75) is 34.6 Å². The number of amides is 1. The van der Waals surface area contributed by atoms with Crippen molar-refractivity contribution in [2.75, 3.05) is 6.54 Å². The third kappa shape index (κ3) is 1.67. The highest BCUT2D eigenvalue weighted by Gasteiger charge is 2.19. The molecule has 1 N–H and O–H groups in total. The number of allylic oxidation sites excluding steroid dienone is 3. The van der Waals surface area contributed by atoms with Crippen molar-refractivity contribution < 1.29 is 4.79 Å². The predicted molar refractivity (Wildman–Crippen MR) is 57.3 cm³/mol. The SMILES string of the molecule is CCN1C(C)=C(C)NC(=O)C(C)=C1C. The molecule has 1 heterocycles. The van der Waals surface area contributed by atoms with Crippen LogP contribution < -0.4 is 5.32 Å². The summed E-state index contributed by atoms with van der Waals surface area (Å²) in [6.45, 7) is 10.8. The molecule has 0 aromatic rings. The Bertz CT molecular complexity index is 326. The number of carbonyl (C=O) groups excluding carboxylic acids is 1. The second-order valence-electron chi connectivity index (χ2n) is 3.62. The monoisotopic (exact) mass is 194 g/mol. The van der Waals surface area contributed by atoms with Gasteiger partial charge in [-0.05, 0) is 34.6 Å². The first kappa shape index (κ1) is 10.8. The molecule has 0 fully saturated rings. The molecule has 0 saturated carbocycles. The molecule has 1 aliphatic heterocycles. The summed E-state index contributed by atoms with van der Waals surface area (Å²) in [5, 5.41) is 2.88. The van der Waals surface area contributed by atoms with Gasteiger partial charge in [-0.3, -0.25) is 4.79 Å². The average molecular weight is 194 g/mol. The zero-order chi connectivity index (χ0) is 10.9. The van der Waals surface area contributed by atoms with Crippen LogP contribution in [0.2, 0.25) is 0 Å². The minimum Gasteiger partial charge on any atom is -0.347 e. The van der Waals surface area contributed by atoms with Crippen molar-refractivity contribution in [3.63, 3.8) is 0 Å². The zero-order valence-corrected chi connectivity index (χ0v) is 9.56. The third-order valence-corrected chi connectivity index (χ3v) is 2.85. The topological polar surface area (TPSA) is 32.3 Å². The van der Waals surface area contributed by atoms with Crippen molar-refractivity contribution >= 4 is 5.91 Å². The normalized spacial score (nSPS) is 18.6. The van der Waals surface area contributed by atoms with Crippen LogP contribution in [0, 0.1) is 0 Å². The van der Waals surface area contributed by atoms with E-state index in [9.17, 15) is 4.79 Å². The number of hydrogen-bond donors (Lipinski definition) is 1. The third-order valence-electron chi connectivity index (χ3n) is 2.85. The van der Waals surface area contributed by atoms with E-state index < -0.39 is 0 Å². The highest BCUT2D eigenvalue weighted by Crippen LogP contribution is 2.20. The van der Waals surface area contributed by atoms with Gasteiger partial charge in [0.25, 0.3) is 5.91 Å². The van der Waals surface area contributed by atoms with Crippen LogP contribution in [0.15, 0.2) is 22.7 Å². The molecule has 1 aliphatic rings. The van der Waals surface area contributed by atoms with E-state index in [-0.39, 0.29) is 5.91 Å². The summed E-state index contributed by atoms with van der Waals surface area (Å²) in [4.78, 5) is 13.8. The van der Waals surface area contributed by atoms with Gasteiger partial charge in [0.15, 0.2) is 0 Å². The molecule has 3 nitrogen and oxygen atoms in total. The number of carbonyl (C=O) groups is 1. The largest absolute Gasteiger partial charge is 0.347 e. The number of nitrogens with one attached hydrogen (secondary N) is 1. The second-order valence-corrected chi connectivity index (χ2v) is 3.62. The van der Waals surface area contributed by atoms with Gasteiger partial charge in [-0.2, -0.15) is 0 Å². The minimum absolute atomic E-state index is 0.00954. The molecule has 0 spiro atoms. The maximum absolute atomic E-state index is 11.6. The van der Waals surface area contributed by atoms with Crippen molar-refractivity contribution in [1.29, 1.82) is 0 Å². The Morgan fingerprint density at radius 1 is 1.14 bits per heavy atom. The molecule has 78 valence electrons. The van der Waals surface area contributed by atoms with E-state index in [0.717, 1.165) is 29.2 Å². The summed E-state index contributed by atoms with van der Waals surface area (Å²) >= 11 is 0. The first-order chi connectivity index (χ1) is 6.49. The Hall–Kier alpha value is -1.25. The molecule has 3 heteroatoms. The highest BCUT2D eigenvalue weighted by atomic mass is 16.1. The van der Waals surface area contributed by atoms with Crippen molar-refractivity contribution in [1.82, 2.24) is 10.2 Å². The summed E-state index contributed by atoms with van der Waals surface area (Å²) < 4.78 is 0. The maximum Gasteiger partial charge on any atom is 0.252 e. The molecule has 0 aromatic heterocycles. The molecule has 0 unspecified atom stereocenters. The van der Waals surface area contributed by atoms with Gasteiger partial charge in [0, 0.05) is 29.2 Å². The Morgan fingerprint density at radius 3 is 2.21 bits per heavy atom. The molecular formula is C11H18N2O. The van der Waals surface area contributed by atoms with Gasteiger partial charge in [0.1, 0.15) is 0 Å². The molecule has 0 radical (unpaired) electrons. The quantitative estimate of drug-likeness (QED) is 0.692. The van der Waals surface area contributed by atoms with Crippen LogP contribution in [0.1, 0.15) is 34.6 Å². The molecule has 14 heavy (non-hydrogen) atoms. The zero-order valence-electron chi connectivity index (χ0n) is 9.56. The first-order valence-corrected chi connectivity index (χ1v) is 4.92. The molecule has 0 aliphatic carbocycles. The van der Waals surface area contributed by atoms with Crippen molar-refractivity contribution in [2.24, 2.45) is 0 Å². The maximum atomic E-state index is 11.6. The molecule has 0 atom stereocenters. The lowest BCUT2D eigenvalue weighted by Crippen LogP contribution is -2.22. The van der Waals surface area contributed by atoms with Gasteiger partial charge >= 0.3 is 0 Å². The summed E-state index contributed by atoms with van der Waals surface area (Å²) in [6, 6.07) is 0. The molecular weight excluding hydrogens is 176 g/mol. The summed E-state index contributed by atoms with van der Waals surface area (Å²) in [5.74, 6) is 0.00954. The van der Waals surface area contributed by atoms with E-state index in [4.69, 9.17) is 0 Å². The summed E-state index contributed by atoms with van der Waals surface area (Å²) in [5.41, 5.74) is 3.89. The van der Waals surface area contributed by atoms with Crippen LogP contribution in [0.5, 0.6) is 0 Å². The minimum atomic E-state index is 0.00954. The van der Waals surface area contributed by atoms with E-state index in [0.29, 0.717) is 0 Å². The fourth-order valence-corrected chi connectivity index (χ4v) is 1.65. The molecule has 0 aromatic carbocycles. The van der Waals surface area contributed by atoms with E-state index >= 15 is 0 Å². The van der Waals surface area contributed by atoms with Crippen LogP contribution in [-0.2, 0) is 4.79 Å². The van der Waals surface area contributed by atoms with Gasteiger partial charge in [0.05, 0.1) is 0 Å². The predicted octanol–water partition coefficient (Wildman–Crippen LogP) is 1.98. The summed E-state index contributed by atoms with van der Waals surface area (Å²) in [7, 11) is 0. The Kier molecular flexibility index (Phi) is 2.99. The molecule has 0 saturated heterocycles. The fraction of sp³-hybridized carbons (Fsp3) is 0.545. The van der Waals surface area contributed by atoms with Crippen molar-refractivity contribution in [3.05, 3.63) is 22.7 Å². The van der Waals surface area contributed by atoms with E-state index in [1.54, 1.807) is 0 Å². The van der Waals surface area contributed by atoms with Crippen molar-refractivity contribution in [3.8, 4) is 0 Å². The number of hydrogen-bond acceptors (Lipinski definition) is 2. The van der Waals surface area contributed by atoms with Gasteiger partial charge in [0.2, 0.25) is 0 Å². The Balaban J connectivity index is 3.23. The molecule has 0 bridgehead atoms. The smallest absolute Gasteiger partial charge is 0.252 e. The lowest BCUT2D eigenvalue weighted by atomic mass is 10.2. The van der Waals surface area contributed by atoms with Crippen LogP contribution >= 0.6 is 0 Å². The lowest BCUT2D eigenvalue weighted by molar-refractivity contribution is -0.116. The van der Waals surface area contributed by atoms with E-state index in [1.165, 1.54) is 0 Å². The Labute approximate surface area is 85.5 Å². The van der Waals surface area contributed by atoms with Crippen LogP contribution in [0.25, 0.3) is 0 Å². The number of nitrogens with zero attached hydrogens (tertiary/aromatic N) is 1. The number of rotatable bonds is 1. The lowest BCUT2D eigenvalue weighted by Gasteiger charge is -2.24. The van der Waals surface area contributed by atoms with Crippen LogP contribution in [0.3, 0.4) is 0 Å². The second kappa shape index (κ2) is 3.86. The van der Waals surface area contributed by atoms with Gasteiger partial charge < -0.3 is 10.2 Å². The van der Waals surface area contributed by atoms with Gasteiger partial charge in [-0.1, -0.05) is 0 Å². The molecule has 1 rings (SSSR count). The summed E-state index contributed by atoms with van der Waals surface area (Å²) in [6.07, 6.45) is 0. The Morgan fingerprint density at radius 2 is 1.71 bits per heavy atom. The highest BCUT2D eigenvalue weighted by molar-refractivity contribution is 5.95. The van der Waals surface area contributed by atoms with Gasteiger partial charge in [-0.25, -0.2) is 0 Å². The van der Waals surface area contributed by atoms with E-state index in [1.807, 2.05) is 27.7 Å².